The van der Waals surface area contributed by atoms with E-state index in [9.17, 15) is 9.90 Å². The first-order valence-corrected chi connectivity index (χ1v) is 7.44. The minimum atomic E-state index is 0.105. The van der Waals surface area contributed by atoms with Gasteiger partial charge in [-0.05, 0) is 43.0 Å². The maximum atomic E-state index is 12.8. The Morgan fingerprint density at radius 2 is 2.20 bits per heavy atom. The molecule has 1 aliphatic heterocycles. The van der Waals surface area contributed by atoms with Crippen molar-refractivity contribution >= 4 is 5.91 Å². The van der Waals surface area contributed by atoms with E-state index < -0.39 is 0 Å². The van der Waals surface area contributed by atoms with Gasteiger partial charge in [-0.25, -0.2) is 0 Å². The molecule has 3 rings (SSSR count). The summed E-state index contributed by atoms with van der Waals surface area (Å²) in [5.74, 6) is 1.05. The third-order valence-corrected chi connectivity index (χ3v) is 4.37. The van der Waals surface area contributed by atoms with Crippen LogP contribution in [0.5, 0.6) is 5.75 Å². The van der Waals surface area contributed by atoms with Crippen LogP contribution in [0.2, 0.25) is 0 Å². The van der Waals surface area contributed by atoms with Crippen LogP contribution in [-0.4, -0.2) is 35.0 Å². The normalized spacial score (nSPS) is 25.6. The number of hydrogen-bond acceptors (Lipinski definition) is 3. The second-order valence-corrected chi connectivity index (χ2v) is 6.11. The van der Waals surface area contributed by atoms with Gasteiger partial charge < -0.3 is 15.3 Å². The van der Waals surface area contributed by atoms with E-state index in [0.717, 1.165) is 31.5 Å². The molecule has 4 heteroatoms. The van der Waals surface area contributed by atoms with E-state index in [1.165, 1.54) is 0 Å². The number of phenolic OH excluding ortho intramolecular Hbond substituents is 1. The molecule has 2 fully saturated rings. The van der Waals surface area contributed by atoms with Gasteiger partial charge in [0.05, 0.1) is 5.92 Å². The molecule has 20 heavy (non-hydrogen) atoms. The predicted octanol–water partition coefficient (Wildman–Crippen LogP) is 1.74. The number of amides is 1. The summed E-state index contributed by atoms with van der Waals surface area (Å²) in [6.45, 7) is 4.48. The van der Waals surface area contributed by atoms with Crippen molar-refractivity contribution in [2.45, 2.75) is 32.4 Å². The molecule has 1 saturated heterocycles. The fourth-order valence-electron chi connectivity index (χ4n) is 2.98. The van der Waals surface area contributed by atoms with Gasteiger partial charge in [0.25, 0.3) is 0 Å². The van der Waals surface area contributed by atoms with Crippen LogP contribution in [0.1, 0.15) is 25.3 Å². The Hall–Kier alpha value is -1.55. The van der Waals surface area contributed by atoms with E-state index in [0.29, 0.717) is 18.5 Å². The third kappa shape index (κ3) is 2.80. The summed E-state index contributed by atoms with van der Waals surface area (Å²) in [7, 11) is 0. The Kier molecular flexibility index (Phi) is 3.66. The zero-order chi connectivity index (χ0) is 14.1. The van der Waals surface area contributed by atoms with Gasteiger partial charge in [-0.15, -0.1) is 0 Å². The number of rotatable bonds is 4. The molecule has 0 bridgehead atoms. The third-order valence-electron chi connectivity index (χ3n) is 4.37. The number of carbonyl (C=O) groups excluding carboxylic acids is 1. The molecule has 2 atom stereocenters. The van der Waals surface area contributed by atoms with Crippen molar-refractivity contribution in [3.8, 4) is 5.75 Å². The van der Waals surface area contributed by atoms with E-state index in [1.54, 1.807) is 12.1 Å². The van der Waals surface area contributed by atoms with Gasteiger partial charge in [-0.3, -0.25) is 4.79 Å². The Morgan fingerprint density at radius 1 is 1.40 bits per heavy atom. The average Bonchev–Trinajstić information content (AvgIpc) is 3.17. The molecular weight excluding hydrogens is 252 g/mol. The van der Waals surface area contributed by atoms with Gasteiger partial charge in [0, 0.05) is 19.1 Å². The zero-order valence-corrected chi connectivity index (χ0v) is 11.9. The number of carbonyl (C=O) groups is 1. The molecule has 4 nitrogen and oxygen atoms in total. The average molecular weight is 274 g/mol. The van der Waals surface area contributed by atoms with Crippen LogP contribution in [0.4, 0.5) is 0 Å². The molecular formula is C16H22N2O2. The molecule has 1 aromatic rings. The summed E-state index contributed by atoms with van der Waals surface area (Å²) >= 11 is 0. The highest BCUT2D eigenvalue weighted by Gasteiger charge is 2.39. The van der Waals surface area contributed by atoms with E-state index in [2.05, 4.69) is 12.2 Å². The van der Waals surface area contributed by atoms with Crippen molar-refractivity contribution in [3.63, 3.8) is 0 Å². The Balaban J connectivity index is 1.74. The molecule has 1 amide bonds. The van der Waals surface area contributed by atoms with Crippen molar-refractivity contribution in [2.24, 2.45) is 11.8 Å². The van der Waals surface area contributed by atoms with Gasteiger partial charge in [0.1, 0.15) is 5.75 Å². The highest BCUT2D eigenvalue weighted by molar-refractivity contribution is 5.80. The molecule has 0 spiro atoms. The Bertz CT molecular complexity index is 499. The van der Waals surface area contributed by atoms with E-state index >= 15 is 0 Å². The minimum absolute atomic E-state index is 0.105. The molecule has 1 aromatic carbocycles. The van der Waals surface area contributed by atoms with Crippen molar-refractivity contribution in [1.82, 2.24) is 10.2 Å². The van der Waals surface area contributed by atoms with Crippen molar-refractivity contribution in [3.05, 3.63) is 29.8 Å². The first-order valence-electron chi connectivity index (χ1n) is 7.44. The fraction of sp³-hybridized carbons (Fsp3) is 0.562. The van der Waals surface area contributed by atoms with Crippen LogP contribution < -0.4 is 5.32 Å². The second-order valence-electron chi connectivity index (χ2n) is 6.11. The fourth-order valence-corrected chi connectivity index (χ4v) is 2.98. The SMILES string of the molecule is C[C@@H]1CNC[C@H]1C(=O)N(Cc1cccc(O)c1)C1CC1. The Labute approximate surface area is 119 Å². The van der Waals surface area contributed by atoms with Crippen LogP contribution in [0.15, 0.2) is 24.3 Å². The van der Waals surface area contributed by atoms with Gasteiger partial charge in [-0.2, -0.15) is 0 Å². The number of phenols is 1. The van der Waals surface area contributed by atoms with Crippen LogP contribution in [0.3, 0.4) is 0 Å². The second kappa shape index (κ2) is 5.44. The minimum Gasteiger partial charge on any atom is -0.508 e. The van der Waals surface area contributed by atoms with Gasteiger partial charge in [0.2, 0.25) is 5.91 Å². The number of hydrogen-bond donors (Lipinski definition) is 2. The van der Waals surface area contributed by atoms with Gasteiger partial charge in [-0.1, -0.05) is 19.1 Å². The predicted molar refractivity (Wildman–Crippen MR) is 77.2 cm³/mol. The number of benzene rings is 1. The highest BCUT2D eigenvalue weighted by Crippen LogP contribution is 2.32. The number of aromatic hydroxyl groups is 1. The lowest BCUT2D eigenvalue weighted by Gasteiger charge is -2.27. The van der Waals surface area contributed by atoms with Crippen molar-refractivity contribution < 1.29 is 9.90 Å². The Morgan fingerprint density at radius 3 is 2.80 bits per heavy atom. The van der Waals surface area contributed by atoms with Crippen LogP contribution in [-0.2, 0) is 11.3 Å². The lowest BCUT2D eigenvalue weighted by molar-refractivity contribution is -0.137. The van der Waals surface area contributed by atoms with Gasteiger partial charge in [0.15, 0.2) is 0 Å². The van der Waals surface area contributed by atoms with E-state index in [-0.39, 0.29) is 17.6 Å². The van der Waals surface area contributed by atoms with Crippen LogP contribution in [0.25, 0.3) is 0 Å². The monoisotopic (exact) mass is 274 g/mol. The van der Waals surface area contributed by atoms with E-state index in [1.807, 2.05) is 17.0 Å². The first kappa shape index (κ1) is 13.4. The number of nitrogens with one attached hydrogen (secondary N) is 1. The lowest BCUT2D eigenvalue weighted by Crippen LogP contribution is -2.39. The molecule has 1 heterocycles. The molecule has 1 aliphatic carbocycles. The summed E-state index contributed by atoms with van der Waals surface area (Å²) < 4.78 is 0. The quantitative estimate of drug-likeness (QED) is 0.879. The summed E-state index contributed by atoms with van der Waals surface area (Å²) in [4.78, 5) is 14.8. The maximum Gasteiger partial charge on any atom is 0.227 e. The zero-order valence-electron chi connectivity index (χ0n) is 11.9. The lowest BCUT2D eigenvalue weighted by atomic mass is 9.96. The maximum absolute atomic E-state index is 12.8. The van der Waals surface area contributed by atoms with Crippen LogP contribution >= 0.6 is 0 Å². The molecule has 108 valence electrons. The molecule has 1 saturated carbocycles. The summed E-state index contributed by atoms with van der Waals surface area (Å²) in [5, 5.41) is 12.9. The van der Waals surface area contributed by atoms with E-state index in [4.69, 9.17) is 0 Å². The molecule has 0 radical (unpaired) electrons. The standard InChI is InChI=1S/C16H22N2O2/c1-11-8-17-9-15(11)16(20)18(13-5-6-13)10-12-3-2-4-14(19)7-12/h2-4,7,11,13,15,17,19H,5-6,8-10H2,1H3/t11-,15-/m1/s1. The van der Waals surface area contributed by atoms with Crippen molar-refractivity contribution in [1.29, 1.82) is 0 Å². The summed E-state index contributed by atoms with van der Waals surface area (Å²) in [6.07, 6.45) is 2.22. The summed E-state index contributed by atoms with van der Waals surface area (Å²) in [6, 6.07) is 7.62. The first-order chi connectivity index (χ1) is 9.65. The topological polar surface area (TPSA) is 52.6 Å². The smallest absolute Gasteiger partial charge is 0.227 e. The molecule has 0 aromatic heterocycles. The molecule has 2 N–H and O–H groups in total. The van der Waals surface area contributed by atoms with Crippen molar-refractivity contribution in [2.75, 3.05) is 13.1 Å². The molecule has 2 aliphatic rings. The number of nitrogens with zero attached hydrogens (tertiary/aromatic N) is 1. The van der Waals surface area contributed by atoms with Gasteiger partial charge >= 0.3 is 0 Å². The highest BCUT2D eigenvalue weighted by atomic mass is 16.3. The molecule has 0 unspecified atom stereocenters. The largest absolute Gasteiger partial charge is 0.508 e. The van der Waals surface area contributed by atoms with Crippen LogP contribution in [0, 0.1) is 11.8 Å². The summed E-state index contributed by atoms with van der Waals surface area (Å²) in [5.41, 5.74) is 1.00.